The molecule has 3 aromatic carbocycles. The molecule has 0 heterocycles. The van der Waals surface area contributed by atoms with E-state index >= 15 is 0 Å². The molecule has 0 aliphatic heterocycles. The highest BCUT2D eigenvalue weighted by Crippen LogP contribution is 2.26. The molecule has 0 saturated carbocycles. The zero-order valence-corrected chi connectivity index (χ0v) is 19.1. The fourth-order valence-electron chi connectivity index (χ4n) is 3.10. The minimum absolute atomic E-state index is 0.294. The molecule has 0 aliphatic rings. The molecule has 32 heavy (non-hydrogen) atoms. The van der Waals surface area contributed by atoms with E-state index in [9.17, 15) is 9.59 Å². The van der Waals surface area contributed by atoms with Gasteiger partial charge in [-0.3, -0.25) is 0 Å². The monoisotopic (exact) mass is 430 g/mol. The molecule has 0 atom stereocenters. The number of hydrogen-bond acceptors (Lipinski definition) is 4. The van der Waals surface area contributed by atoms with E-state index in [1.54, 1.807) is 24.3 Å². The van der Waals surface area contributed by atoms with Crippen molar-refractivity contribution in [1.29, 1.82) is 0 Å². The van der Waals surface area contributed by atoms with Crippen molar-refractivity contribution in [2.45, 2.75) is 27.7 Å². The Balaban J connectivity index is 1.66. The van der Waals surface area contributed by atoms with Gasteiger partial charge in [0, 0.05) is 0 Å². The van der Waals surface area contributed by atoms with Crippen LogP contribution in [0, 0.1) is 11.8 Å². The van der Waals surface area contributed by atoms with Crippen molar-refractivity contribution in [3.8, 4) is 22.3 Å². The maximum atomic E-state index is 12.1. The summed E-state index contributed by atoms with van der Waals surface area (Å²) in [7, 11) is 0. The van der Waals surface area contributed by atoms with Gasteiger partial charge in [0.05, 0.1) is 24.3 Å². The molecule has 0 bridgehead atoms. The second-order valence-electron chi connectivity index (χ2n) is 8.72. The van der Waals surface area contributed by atoms with Gasteiger partial charge in [-0.2, -0.15) is 0 Å². The van der Waals surface area contributed by atoms with E-state index in [2.05, 4.69) is 0 Å². The molecule has 3 aromatic rings. The highest BCUT2D eigenvalue weighted by atomic mass is 16.5. The van der Waals surface area contributed by atoms with Crippen molar-refractivity contribution in [3.05, 3.63) is 83.9 Å². The van der Waals surface area contributed by atoms with Gasteiger partial charge < -0.3 is 9.47 Å². The van der Waals surface area contributed by atoms with Crippen molar-refractivity contribution in [2.24, 2.45) is 11.8 Å². The zero-order valence-electron chi connectivity index (χ0n) is 19.1. The normalized spacial score (nSPS) is 10.9. The lowest BCUT2D eigenvalue weighted by Crippen LogP contribution is -2.10. The zero-order chi connectivity index (χ0) is 23.1. The summed E-state index contributed by atoms with van der Waals surface area (Å²) >= 11 is 0. The van der Waals surface area contributed by atoms with Crippen LogP contribution in [0.2, 0.25) is 0 Å². The molecular formula is C28H30O4. The van der Waals surface area contributed by atoms with E-state index in [0.717, 1.165) is 22.3 Å². The Bertz CT molecular complexity index is 944. The van der Waals surface area contributed by atoms with Gasteiger partial charge in [-0.25, -0.2) is 9.59 Å². The fourth-order valence-corrected chi connectivity index (χ4v) is 3.10. The first-order chi connectivity index (χ1) is 15.3. The molecular weight excluding hydrogens is 400 g/mol. The van der Waals surface area contributed by atoms with Crippen LogP contribution in [-0.2, 0) is 9.47 Å². The summed E-state index contributed by atoms with van der Waals surface area (Å²) in [5.74, 6) is 0.0348. The molecule has 0 N–H and O–H groups in total. The summed E-state index contributed by atoms with van der Waals surface area (Å²) in [5, 5.41) is 0. The van der Waals surface area contributed by atoms with Gasteiger partial charge in [-0.15, -0.1) is 0 Å². The van der Waals surface area contributed by atoms with E-state index in [4.69, 9.17) is 9.47 Å². The molecule has 0 unspecified atom stereocenters. The second-order valence-corrected chi connectivity index (χ2v) is 8.72. The number of hydrogen-bond donors (Lipinski definition) is 0. The van der Waals surface area contributed by atoms with Crippen LogP contribution in [0.5, 0.6) is 0 Å². The van der Waals surface area contributed by atoms with Crippen molar-refractivity contribution < 1.29 is 19.1 Å². The Morgan fingerprint density at radius 1 is 0.531 bits per heavy atom. The molecule has 0 amide bonds. The molecule has 0 aromatic heterocycles. The van der Waals surface area contributed by atoms with E-state index in [0.29, 0.717) is 36.2 Å². The number of carbonyl (C=O) groups is 2. The third-order valence-electron chi connectivity index (χ3n) is 4.89. The first kappa shape index (κ1) is 23.3. The predicted octanol–water partition coefficient (Wildman–Crippen LogP) is 6.65. The first-order valence-electron chi connectivity index (χ1n) is 11.0. The smallest absolute Gasteiger partial charge is 0.338 e. The third-order valence-corrected chi connectivity index (χ3v) is 4.89. The van der Waals surface area contributed by atoms with Crippen LogP contribution < -0.4 is 0 Å². The number of ether oxygens (including phenoxy) is 2. The van der Waals surface area contributed by atoms with Gasteiger partial charge in [0.15, 0.2) is 0 Å². The van der Waals surface area contributed by atoms with Gasteiger partial charge in [0.25, 0.3) is 0 Å². The van der Waals surface area contributed by atoms with Gasteiger partial charge in [-0.05, 0) is 58.4 Å². The topological polar surface area (TPSA) is 52.6 Å². The van der Waals surface area contributed by atoms with Crippen molar-refractivity contribution in [3.63, 3.8) is 0 Å². The van der Waals surface area contributed by atoms with Gasteiger partial charge >= 0.3 is 11.9 Å². The van der Waals surface area contributed by atoms with Crippen molar-refractivity contribution >= 4 is 11.9 Å². The average Bonchev–Trinajstić information content (AvgIpc) is 2.81. The quantitative estimate of drug-likeness (QED) is 0.376. The van der Waals surface area contributed by atoms with Crippen LogP contribution in [0.4, 0.5) is 0 Å². The molecule has 0 saturated heterocycles. The van der Waals surface area contributed by atoms with Crippen LogP contribution >= 0.6 is 0 Å². The second kappa shape index (κ2) is 10.8. The number of benzene rings is 3. The summed E-state index contributed by atoms with van der Waals surface area (Å²) in [5.41, 5.74) is 5.28. The van der Waals surface area contributed by atoms with Crippen LogP contribution in [0.15, 0.2) is 72.8 Å². The van der Waals surface area contributed by atoms with Crippen LogP contribution in [0.25, 0.3) is 22.3 Å². The molecule has 0 aliphatic carbocycles. The highest BCUT2D eigenvalue weighted by Gasteiger charge is 2.10. The molecule has 0 radical (unpaired) electrons. The maximum absolute atomic E-state index is 12.1. The van der Waals surface area contributed by atoms with Gasteiger partial charge in [-0.1, -0.05) is 76.2 Å². The maximum Gasteiger partial charge on any atom is 0.338 e. The van der Waals surface area contributed by atoms with Crippen LogP contribution in [0.3, 0.4) is 0 Å². The largest absolute Gasteiger partial charge is 0.462 e. The molecule has 3 rings (SSSR count). The number of esters is 2. The summed E-state index contributed by atoms with van der Waals surface area (Å²) in [6.45, 7) is 8.88. The first-order valence-corrected chi connectivity index (χ1v) is 11.0. The Morgan fingerprint density at radius 3 is 1.03 bits per heavy atom. The molecule has 166 valence electrons. The molecule has 4 heteroatoms. The summed E-state index contributed by atoms with van der Waals surface area (Å²) in [6, 6.07) is 23.1. The van der Waals surface area contributed by atoms with Crippen molar-refractivity contribution in [1.82, 2.24) is 0 Å². The molecule has 4 nitrogen and oxygen atoms in total. The summed E-state index contributed by atoms with van der Waals surface area (Å²) in [6.07, 6.45) is 0. The van der Waals surface area contributed by atoms with E-state index in [1.165, 1.54) is 0 Å². The number of rotatable bonds is 8. The lowest BCUT2D eigenvalue weighted by atomic mass is 9.99. The van der Waals surface area contributed by atoms with Crippen molar-refractivity contribution in [2.75, 3.05) is 13.2 Å². The lowest BCUT2D eigenvalue weighted by molar-refractivity contribution is 0.0450. The van der Waals surface area contributed by atoms with E-state index in [-0.39, 0.29) is 11.9 Å². The number of carbonyl (C=O) groups excluding carboxylic acids is 2. The van der Waals surface area contributed by atoms with Gasteiger partial charge in [0.1, 0.15) is 0 Å². The Labute approximate surface area is 190 Å². The summed E-state index contributed by atoms with van der Waals surface area (Å²) in [4.78, 5) is 24.2. The highest BCUT2D eigenvalue weighted by molar-refractivity contribution is 5.91. The van der Waals surface area contributed by atoms with Gasteiger partial charge in [0.2, 0.25) is 0 Å². The molecule has 0 fully saturated rings. The Morgan fingerprint density at radius 2 is 0.781 bits per heavy atom. The fraction of sp³-hybridized carbons (Fsp3) is 0.286. The van der Waals surface area contributed by atoms with E-state index in [1.807, 2.05) is 76.2 Å². The van der Waals surface area contributed by atoms with Crippen LogP contribution in [0.1, 0.15) is 48.4 Å². The summed E-state index contributed by atoms with van der Waals surface area (Å²) < 4.78 is 10.6. The van der Waals surface area contributed by atoms with Crippen LogP contribution in [-0.4, -0.2) is 25.2 Å². The lowest BCUT2D eigenvalue weighted by Gasteiger charge is -2.09. The van der Waals surface area contributed by atoms with E-state index < -0.39 is 0 Å². The SMILES string of the molecule is CC(C)COC(=O)c1ccc(-c2ccc(-c3ccc(C(=O)OCC(C)C)cc3)cc2)cc1. The standard InChI is InChI=1S/C28H30O4/c1-19(2)17-31-27(29)25-13-9-23(10-14-25)21-5-7-22(8-6-21)24-11-15-26(16-12-24)28(30)32-18-20(3)4/h5-16,19-20H,17-18H2,1-4H3. The minimum Gasteiger partial charge on any atom is -0.462 e. The third kappa shape index (κ3) is 6.30. The average molecular weight is 431 g/mol. The Hall–Kier alpha value is -3.40. The Kier molecular flexibility index (Phi) is 7.82. The molecule has 0 spiro atoms. The minimum atomic E-state index is -0.294. The predicted molar refractivity (Wildman–Crippen MR) is 128 cm³/mol.